The molecule has 0 aromatic heterocycles. The van der Waals surface area contributed by atoms with Crippen LogP contribution in [0.5, 0.6) is 5.75 Å². The first-order valence-corrected chi connectivity index (χ1v) is 7.78. The van der Waals surface area contributed by atoms with Gasteiger partial charge < -0.3 is 15.8 Å². The molecular formula is C16H18BrClN2O. The van der Waals surface area contributed by atoms with Gasteiger partial charge in [-0.25, -0.2) is 0 Å². The van der Waals surface area contributed by atoms with Gasteiger partial charge in [0.2, 0.25) is 0 Å². The molecule has 0 aliphatic carbocycles. The summed E-state index contributed by atoms with van der Waals surface area (Å²) in [5.74, 6) is 0.876. The van der Waals surface area contributed by atoms with Gasteiger partial charge in [-0.3, -0.25) is 0 Å². The topological polar surface area (TPSA) is 47.3 Å². The van der Waals surface area contributed by atoms with Gasteiger partial charge in [0.1, 0.15) is 5.75 Å². The molecule has 3 N–H and O–H groups in total. The summed E-state index contributed by atoms with van der Waals surface area (Å²) in [6, 6.07) is 11.9. The molecule has 0 heterocycles. The zero-order valence-corrected chi connectivity index (χ0v) is 14.3. The van der Waals surface area contributed by atoms with Crippen molar-refractivity contribution in [3.8, 4) is 5.75 Å². The first-order valence-electron chi connectivity index (χ1n) is 6.61. The molecule has 2 rings (SSSR count). The molecule has 0 saturated carbocycles. The standard InChI is InChI=1S/C16H18BrClN2O/c1-10-7-11(3-6-16(10)21-2)15(9-19)20-12-4-5-13(17)14(18)8-12/h3-8,15,20H,9,19H2,1-2H3. The van der Waals surface area contributed by atoms with E-state index in [1.54, 1.807) is 7.11 Å². The number of rotatable bonds is 5. The number of nitrogens with one attached hydrogen (secondary N) is 1. The van der Waals surface area contributed by atoms with Crippen LogP contribution in [0.2, 0.25) is 5.02 Å². The van der Waals surface area contributed by atoms with E-state index in [2.05, 4.69) is 27.3 Å². The number of hydrogen-bond acceptors (Lipinski definition) is 3. The zero-order valence-electron chi connectivity index (χ0n) is 12.0. The van der Waals surface area contributed by atoms with Crippen molar-refractivity contribution in [2.24, 2.45) is 5.73 Å². The van der Waals surface area contributed by atoms with E-state index in [9.17, 15) is 0 Å². The molecule has 2 aromatic carbocycles. The molecule has 3 nitrogen and oxygen atoms in total. The highest BCUT2D eigenvalue weighted by atomic mass is 79.9. The Morgan fingerprint density at radius 1 is 1.29 bits per heavy atom. The Labute approximate surface area is 138 Å². The molecule has 0 saturated heterocycles. The van der Waals surface area contributed by atoms with Crippen LogP contribution in [0.1, 0.15) is 17.2 Å². The summed E-state index contributed by atoms with van der Waals surface area (Å²) in [5, 5.41) is 4.07. The highest BCUT2D eigenvalue weighted by Gasteiger charge is 2.12. The number of benzene rings is 2. The Hall–Kier alpha value is -1.23. The maximum absolute atomic E-state index is 6.12. The Morgan fingerprint density at radius 3 is 2.62 bits per heavy atom. The lowest BCUT2D eigenvalue weighted by atomic mass is 10.0. The van der Waals surface area contributed by atoms with E-state index < -0.39 is 0 Å². The molecule has 5 heteroatoms. The van der Waals surface area contributed by atoms with Crippen molar-refractivity contribution >= 4 is 33.2 Å². The summed E-state index contributed by atoms with van der Waals surface area (Å²) in [7, 11) is 1.67. The van der Waals surface area contributed by atoms with Gasteiger partial charge in [-0.15, -0.1) is 0 Å². The third kappa shape index (κ3) is 3.90. The maximum atomic E-state index is 6.12. The van der Waals surface area contributed by atoms with Gasteiger partial charge in [0, 0.05) is 16.7 Å². The third-order valence-corrected chi connectivity index (χ3v) is 4.55. The highest BCUT2D eigenvalue weighted by Crippen LogP contribution is 2.29. The monoisotopic (exact) mass is 368 g/mol. The highest BCUT2D eigenvalue weighted by molar-refractivity contribution is 9.10. The fourth-order valence-corrected chi connectivity index (χ4v) is 2.61. The minimum atomic E-state index is 0.0202. The van der Waals surface area contributed by atoms with Crippen molar-refractivity contribution in [3.63, 3.8) is 0 Å². The smallest absolute Gasteiger partial charge is 0.121 e. The van der Waals surface area contributed by atoms with Gasteiger partial charge in [-0.05, 0) is 58.2 Å². The molecule has 1 unspecified atom stereocenters. The van der Waals surface area contributed by atoms with Crippen LogP contribution < -0.4 is 15.8 Å². The van der Waals surface area contributed by atoms with Crippen LogP contribution in [-0.2, 0) is 0 Å². The lowest BCUT2D eigenvalue weighted by molar-refractivity contribution is 0.411. The Bertz CT molecular complexity index is 634. The average molecular weight is 370 g/mol. The molecule has 0 amide bonds. The molecule has 112 valence electrons. The second kappa shape index (κ2) is 7.16. The van der Waals surface area contributed by atoms with Crippen molar-refractivity contribution < 1.29 is 4.74 Å². The van der Waals surface area contributed by atoms with Gasteiger partial charge in [0.05, 0.1) is 18.2 Å². The van der Waals surface area contributed by atoms with Crippen molar-refractivity contribution in [3.05, 3.63) is 57.0 Å². The summed E-state index contributed by atoms with van der Waals surface area (Å²) < 4.78 is 6.16. The van der Waals surface area contributed by atoms with E-state index in [1.165, 1.54) is 0 Å². The average Bonchev–Trinajstić information content (AvgIpc) is 2.48. The maximum Gasteiger partial charge on any atom is 0.121 e. The first-order chi connectivity index (χ1) is 10.0. The zero-order chi connectivity index (χ0) is 15.4. The largest absolute Gasteiger partial charge is 0.496 e. The van der Waals surface area contributed by atoms with Crippen molar-refractivity contribution in [2.75, 3.05) is 19.0 Å². The summed E-state index contributed by atoms with van der Waals surface area (Å²) in [5.41, 5.74) is 9.05. The number of ether oxygens (including phenoxy) is 1. The van der Waals surface area contributed by atoms with E-state index in [4.69, 9.17) is 22.1 Å². The van der Waals surface area contributed by atoms with Gasteiger partial charge in [-0.1, -0.05) is 23.7 Å². The second-order valence-corrected chi connectivity index (χ2v) is 6.05. The first kappa shape index (κ1) is 16.1. The Balaban J connectivity index is 2.23. The third-order valence-electron chi connectivity index (χ3n) is 3.32. The van der Waals surface area contributed by atoms with Crippen LogP contribution in [-0.4, -0.2) is 13.7 Å². The van der Waals surface area contributed by atoms with Gasteiger partial charge in [0.15, 0.2) is 0 Å². The Kier molecular flexibility index (Phi) is 5.51. The molecule has 0 aliphatic rings. The van der Waals surface area contributed by atoms with E-state index in [1.807, 2.05) is 37.3 Å². The van der Waals surface area contributed by atoms with Crippen molar-refractivity contribution in [1.29, 1.82) is 0 Å². The van der Waals surface area contributed by atoms with Crippen LogP contribution in [0.4, 0.5) is 5.69 Å². The summed E-state index contributed by atoms with van der Waals surface area (Å²) in [4.78, 5) is 0. The molecular weight excluding hydrogens is 352 g/mol. The van der Waals surface area contributed by atoms with Gasteiger partial charge in [-0.2, -0.15) is 0 Å². The molecule has 0 spiro atoms. The van der Waals surface area contributed by atoms with Crippen LogP contribution in [0.3, 0.4) is 0 Å². The minimum absolute atomic E-state index is 0.0202. The number of halogens is 2. The van der Waals surface area contributed by atoms with Gasteiger partial charge in [0.25, 0.3) is 0 Å². The Morgan fingerprint density at radius 2 is 2.05 bits per heavy atom. The number of methoxy groups -OCH3 is 1. The molecule has 0 bridgehead atoms. The fourth-order valence-electron chi connectivity index (χ4n) is 2.18. The number of hydrogen-bond donors (Lipinski definition) is 2. The van der Waals surface area contributed by atoms with E-state index in [-0.39, 0.29) is 6.04 Å². The van der Waals surface area contributed by atoms with E-state index in [0.29, 0.717) is 11.6 Å². The molecule has 1 atom stereocenters. The quantitative estimate of drug-likeness (QED) is 0.814. The summed E-state index contributed by atoms with van der Waals surface area (Å²) in [6.07, 6.45) is 0. The molecule has 0 radical (unpaired) electrons. The van der Waals surface area contributed by atoms with Crippen LogP contribution >= 0.6 is 27.5 Å². The van der Waals surface area contributed by atoms with Gasteiger partial charge >= 0.3 is 0 Å². The normalized spacial score (nSPS) is 12.0. The lowest BCUT2D eigenvalue weighted by Crippen LogP contribution is -2.20. The SMILES string of the molecule is COc1ccc(C(CN)Nc2ccc(Br)c(Cl)c2)cc1C. The molecule has 0 aliphatic heterocycles. The van der Waals surface area contributed by atoms with Crippen molar-refractivity contribution in [1.82, 2.24) is 0 Å². The van der Waals surface area contributed by atoms with Crippen LogP contribution in [0.25, 0.3) is 0 Å². The number of aryl methyl sites for hydroxylation is 1. The molecule has 21 heavy (non-hydrogen) atoms. The van der Waals surface area contributed by atoms with Crippen LogP contribution in [0, 0.1) is 6.92 Å². The minimum Gasteiger partial charge on any atom is -0.496 e. The predicted octanol–water partition coefficient (Wildman–Crippen LogP) is 4.53. The van der Waals surface area contributed by atoms with E-state index in [0.717, 1.165) is 27.0 Å². The predicted molar refractivity (Wildman–Crippen MR) is 92.3 cm³/mol. The van der Waals surface area contributed by atoms with Crippen LogP contribution in [0.15, 0.2) is 40.9 Å². The molecule has 2 aromatic rings. The van der Waals surface area contributed by atoms with Crippen molar-refractivity contribution in [2.45, 2.75) is 13.0 Å². The lowest BCUT2D eigenvalue weighted by Gasteiger charge is -2.20. The fraction of sp³-hybridized carbons (Fsp3) is 0.250. The number of anilines is 1. The summed E-state index contributed by atoms with van der Waals surface area (Å²) in [6.45, 7) is 2.51. The summed E-state index contributed by atoms with van der Waals surface area (Å²) >= 11 is 9.50. The second-order valence-electron chi connectivity index (χ2n) is 4.79. The number of nitrogens with two attached hydrogens (primary N) is 1. The van der Waals surface area contributed by atoms with E-state index >= 15 is 0 Å². The molecule has 0 fully saturated rings.